The third-order valence-electron chi connectivity index (χ3n) is 3.12. The Balaban J connectivity index is 0. The van der Waals surface area contributed by atoms with Crippen molar-refractivity contribution >= 4 is 39.8 Å². The highest BCUT2D eigenvalue weighted by atomic mass is 127. The van der Waals surface area contributed by atoms with Crippen LogP contribution in [-0.4, -0.2) is 59.2 Å². The normalized spacial score (nSPS) is 12.7. The van der Waals surface area contributed by atoms with E-state index in [1.165, 1.54) is 6.26 Å². The molecular weight excluding hydrogens is 429 g/mol. The molecule has 0 aliphatic heterocycles. The maximum atomic E-state index is 11.3. The van der Waals surface area contributed by atoms with Crippen molar-refractivity contribution in [2.75, 3.05) is 44.9 Å². The first-order chi connectivity index (χ1) is 10.2. The second kappa shape index (κ2) is 13.2. The zero-order valence-corrected chi connectivity index (χ0v) is 18.3. The van der Waals surface area contributed by atoms with Crippen molar-refractivity contribution in [1.29, 1.82) is 0 Å². The monoisotopic (exact) mass is 463 g/mol. The van der Waals surface area contributed by atoms with Gasteiger partial charge in [0.25, 0.3) is 0 Å². The van der Waals surface area contributed by atoms with Crippen LogP contribution >= 0.6 is 24.0 Å². The molecule has 0 aromatic rings. The highest BCUT2D eigenvalue weighted by Gasteiger charge is 2.20. The number of hydrogen-bond acceptors (Lipinski definition) is 4. The van der Waals surface area contributed by atoms with E-state index in [9.17, 15) is 8.42 Å². The lowest BCUT2D eigenvalue weighted by Gasteiger charge is -2.22. The number of sulfone groups is 1. The van der Waals surface area contributed by atoms with E-state index in [0.717, 1.165) is 38.7 Å². The van der Waals surface area contributed by atoms with Crippen LogP contribution in [-0.2, 0) is 14.6 Å². The van der Waals surface area contributed by atoms with E-state index in [0.29, 0.717) is 13.0 Å². The molecule has 0 aromatic heterocycles. The molecule has 8 heteroatoms. The molecule has 2 N–H and O–H groups in total. The van der Waals surface area contributed by atoms with E-state index >= 15 is 0 Å². The number of nitrogens with one attached hydrogen (secondary N) is 2. The highest BCUT2D eigenvalue weighted by Crippen LogP contribution is 2.21. The summed E-state index contributed by atoms with van der Waals surface area (Å²) in [4.78, 5) is 4.56. The Morgan fingerprint density at radius 3 is 2.39 bits per heavy atom. The number of halogens is 1. The zero-order valence-electron chi connectivity index (χ0n) is 15.1. The Hall–Kier alpha value is -0.0900. The smallest absolute Gasteiger partial charge is 0.191 e. The molecule has 0 fully saturated rings. The van der Waals surface area contributed by atoms with E-state index in [1.54, 1.807) is 0 Å². The molecular formula is C15H34IN3O3S. The molecule has 0 heterocycles. The Labute approximate surface area is 159 Å². The maximum absolute atomic E-state index is 11.3. The Morgan fingerprint density at radius 2 is 1.87 bits per heavy atom. The average molecular weight is 463 g/mol. The quantitative estimate of drug-likeness (QED) is 0.212. The van der Waals surface area contributed by atoms with Crippen molar-refractivity contribution in [1.82, 2.24) is 10.6 Å². The summed E-state index contributed by atoms with van der Waals surface area (Å²) < 4.78 is 27.8. The minimum absolute atomic E-state index is 0. The van der Waals surface area contributed by atoms with Gasteiger partial charge in [0.15, 0.2) is 5.96 Å². The molecule has 0 bridgehead atoms. The van der Waals surface area contributed by atoms with Crippen molar-refractivity contribution in [3.05, 3.63) is 0 Å². The van der Waals surface area contributed by atoms with Crippen LogP contribution in [0.15, 0.2) is 4.99 Å². The van der Waals surface area contributed by atoms with Crippen LogP contribution in [0.25, 0.3) is 0 Å². The lowest BCUT2D eigenvalue weighted by molar-refractivity contribution is 0.145. The Bertz CT molecular complexity index is 426. The molecule has 0 rings (SSSR count). The van der Waals surface area contributed by atoms with Gasteiger partial charge < -0.3 is 15.4 Å². The van der Waals surface area contributed by atoms with E-state index in [2.05, 4.69) is 15.6 Å². The van der Waals surface area contributed by atoms with Gasteiger partial charge in [0.1, 0.15) is 9.84 Å². The van der Waals surface area contributed by atoms with Gasteiger partial charge in [-0.1, -0.05) is 13.8 Å². The summed E-state index contributed by atoms with van der Waals surface area (Å²) in [6, 6.07) is 0. The van der Waals surface area contributed by atoms with Gasteiger partial charge in [-0.15, -0.1) is 24.0 Å². The number of guanidine groups is 1. The van der Waals surface area contributed by atoms with Crippen LogP contribution in [0, 0.1) is 5.41 Å². The van der Waals surface area contributed by atoms with Crippen LogP contribution in [0.2, 0.25) is 0 Å². The SMILES string of the molecule is CCNC(=NCC(C)(C)CCS(C)(=O)=O)NCCCOCC.I. The summed E-state index contributed by atoms with van der Waals surface area (Å²) >= 11 is 0. The molecule has 140 valence electrons. The standard InChI is InChI=1S/C15H33N3O3S.HI/c1-6-16-14(17-10-8-11-21-7-2)18-13-15(3,4)9-12-22(5,19)20;/h6-13H2,1-5H3,(H2,16,17,18);1H. The zero-order chi connectivity index (χ0) is 17.1. The van der Waals surface area contributed by atoms with Crippen molar-refractivity contribution < 1.29 is 13.2 Å². The summed E-state index contributed by atoms with van der Waals surface area (Å²) in [6.07, 6.45) is 2.81. The van der Waals surface area contributed by atoms with Gasteiger partial charge in [-0.3, -0.25) is 4.99 Å². The first kappa shape index (κ1) is 25.2. The molecule has 0 atom stereocenters. The minimum Gasteiger partial charge on any atom is -0.382 e. The predicted molar refractivity (Wildman–Crippen MR) is 109 cm³/mol. The number of rotatable bonds is 11. The molecule has 0 radical (unpaired) electrons. The van der Waals surface area contributed by atoms with Gasteiger partial charge in [0, 0.05) is 39.1 Å². The van der Waals surface area contributed by atoms with Gasteiger partial charge in [0.2, 0.25) is 0 Å². The first-order valence-electron chi connectivity index (χ1n) is 7.98. The van der Waals surface area contributed by atoms with Crippen LogP contribution < -0.4 is 10.6 Å². The van der Waals surface area contributed by atoms with E-state index < -0.39 is 9.84 Å². The van der Waals surface area contributed by atoms with Crippen LogP contribution in [0.1, 0.15) is 40.5 Å². The van der Waals surface area contributed by atoms with Gasteiger partial charge in [-0.2, -0.15) is 0 Å². The maximum Gasteiger partial charge on any atom is 0.191 e. The van der Waals surface area contributed by atoms with Crippen LogP contribution in [0.3, 0.4) is 0 Å². The number of nitrogens with zero attached hydrogens (tertiary/aromatic N) is 1. The fourth-order valence-corrected chi connectivity index (χ4v) is 2.62. The summed E-state index contributed by atoms with van der Waals surface area (Å²) in [7, 11) is -2.92. The molecule has 0 saturated heterocycles. The van der Waals surface area contributed by atoms with E-state index in [-0.39, 0.29) is 35.1 Å². The van der Waals surface area contributed by atoms with Gasteiger partial charge in [-0.05, 0) is 32.1 Å². The van der Waals surface area contributed by atoms with Gasteiger partial charge in [-0.25, -0.2) is 8.42 Å². The largest absolute Gasteiger partial charge is 0.382 e. The lowest BCUT2D eigenvalue weighted by Crippen LogP contribution is -2.39. The summed E-state index contributed by atoms with van der Waals surface area (Å²) in [6.45, 7) is 11.7. The predicted octanol–water partition coefficient (Wildman–Crippen LogP) is 2.05. The molecule has 0 aliphatic carbocycles. The summed E-state index contributed by atoms with van der Waals surface area (Å²) in [5, 5.41) is 6.46. The number of aliphatic imine (C=N–C) groups is 1. The van der Waals surface area contributed by atoms with Gasteiger partial charge >= 0.3 is 0 Å². The van der Waals surface area contributed by atoms with E-state index in [4.69, 9.17) is 4.74 Å². The van der Waals surface area contributed by atoms with Crippen molar-refractivity contribution in [2.24, 2.45) is 10.4 Å². The second-order valence-electron chi connectivity index (χ2n) is 6.22. The van der Waals surface area contributed by atoms with Crippen LogP contribution in [0.5, 0.6) is 0 Å². The summed E-state index contributed by atoms with van der Waals surface area (Å²) in [5.41, 5.74) is -0.142. The Kier molecular flexibility index (Phi) is 14.5. The van der Waals surface area contributed by atoms with Crippen LogP contribution in [0.4, 0.5) is 0 Å². The second-order valence-corrected chi connectivity index (χ2v) is 8.48. The molecule has 0 amide bonds. The lowest BCUT2D eigenvalue weighted by atomic mass is 9.90. The topological polar surface area (TPSA) is 79.8 Å². The molecule has 0 aromatic carbocycles. The fourth-order valence-electron chi connectivity index (χ4n) is 1.70. The van der Waals surface area contributed by atoms with E-state index in [1.807, 2.05) is 27.7 Å². The van der Waals surface area contributed by atoms with Crippen molar-refractivity contribution in [2.45, 2.75) is 40.5 Å². The number of hydrogen-bond donors (Lipinski definition) is 2. The fraction of sp³-hybridized carbons (Fsp3) is 0.933. The number of ether oxygens (including phenoxy) is 1. The third kappa shape index (κ3) is 16.5. The average Bonchev–Trinajstić information content (AvgIpc) is 2.42. The van der Waals surface area contributed by atoms with Gasteiger partial charge in [0.05, 0.1) is 5.75 Å². The molecule has 0 saturated carbocycles. The molecule has 0 spiro atoms. The highest BCUT2D eigenvalue weighted by molar-refractivity contribution is 14.0. The minimum atomic E-state index is -2.92. The molecule has 23 heavy (non-hydrogen) atoms. The molecule has 6 nitrogen and oxygen atoms in total. The molecule has 0 unspecified atom stereocenters. The van der Waals surface area contributed by atoms with Crippen molar-refractivity contribution in [3.8, 4) is 0 Å². The molecule has 0 aliphatic rings. The summed E-state index contributed by atoms with van der Waals surface area (Å²) in [5.74, 6) is 0.972. The first-order valence-corrected chi connectivity index (χ1v) is 10.0. The Morgan fingerprint density at radius 1 is 1.22 bits per heavy atom. The third-order valence-corrected chi connectivity index (χ3v) is 4.07. The van der Waals surface area contributed by atoms with Crippen molar-refractivity contribution in [3.63, 3.8) is 0 Å².